The highest BCUT2D eigenvalue weighted by Gasteiger charge is 2.13. The Kier molecular flexibility index (Phi) is 5.99. The molecule has 0 spiro atoms. The van der Waals surface area contributed by atoms with Crippen molar-refractivity contribution < 1.29 is 9.53 Å². The van der Waals surface area contributed by atoms with E-state index < -0.39 is 0 Å². The average molecular weight is 362 g/mol. The van der Waals surface area contributed by atoms with E-state index >= 15 is 0 Å². The highest BCUT2D eigenvalue weighted by Crippen LogP contribution is 2.21. The van der Waals surface area contributed by atoms with Gasteiger partial charge in [-0.05, 0) is 30.7 Å². The maximum Gasteiger partial charge on any atom is 0.340 e. The Hall–Kier alpha value is -3.41. The zero-order chi connectivity index (χ0) is 19.1. The van der Waals surface area contributed by atoms with Crippen LogP contribution in [-0.2, 0) is 11.3 Å². The fourth-order valence-electron chi connectivity index (χ4n) is 2.66. The lowest BCUT2D eigenvalue weighted by atomic mass is 10.2. The van der Waals surface area contributed by atoms with Gasteiger partial charge in [-0.2, -0.15) is 4.98 Å². The Labute approximate surface area is 158 Å². The summed E-state index contributed by atoms with van der Waals surface area (Å²) in [4.78, 5) is 23.0. The van der Waals surface area contributed by atoms with Gasteiger partial charge >= 0.3 is 5.97 Å². The first-order chi connectivity index (χ1) is 13.2. The van der Waals surface area contributed by atoms with Crippen LogP contribution < -0.4 is 10.2 Å². The van der Waals surface area contributed by atoms with Crippen molar-refractivity contribution in [3.8, 4) is 0 Å². The van der Waals surface area contributed by atoms with Crippen LogP contribution in [-0.4, -0.2) is 29.6 Å². The molecule has 0 unspecified atom stereocenters. The summed E-state index contributed by atoms with van der Waals surface area (Å²) in [5, 5.41) is 3.12. The van der Waals surface area contributed by atoms with Crippen LogP contribution in [0.5, 0.6) is 0 Å². The van der Waals surface area contributed by atoms with Gasteiger partial charge < -0.3 is 15.0 Å². The number of nitrogens with zero attached hydrogens (tertiary/aromatic N) is 3. The van der Waals surface area contributed by atoms with Gasteiger partial charge in [0.05, 0.1) is 17.9 Å². The van der Waals surface area contributed by atoms with Gasteiger partial charge in [-0.15, -0.1) is 0 Å². The third-order valence-electron chi connectivity index (χ3n) is 3.96. The maximum atomic E-state index is 12.1. The molecule has 1 N–H and O–H groups in total. The minimum Gasteiger partial charge on any atom is -0.462 e. The summed E-state index contributed by atoms with van der Waals surface area (Å²) in [5.74, 6) is 0.826. The first-order valence-electron chi connectivity index (χ1n) is 8.78. The topological polar surface area (TPSA) is 67.3 Å². The van der Waals surface area contributed by atoms with Crippen molar-refractivity contribution in [3.63, 3.8) is 0 Å². The predicted molar refractivity (Wildman–Crippen MR) is 106 cm³/mol. The number of carbonyl (C=O) groups is 1. The van der Waals surface area contributed by atoms with Gasteiger partial charge in [-0.1, -0.05) is 42.5 Å². The number of hydrogen-bond donors (Lipinski definition) is 1. The van der Waals surface area contributed by atoms with E-state index in [1.54, 1.807) is 31.3 Å². The molecule has 0 saturated carbocycles. The van der Waals surface area contributed by atoms with Gasteiger partial charge in [0.1, 0.15) is 5.82 Å². The van der Waals surface area contributed by atoms with Crippen molar-refractivity contribution in [2.75, 3.05) is 23.9 Å². The lowest BCUT2D eigenvalue weighted by Gasteiger charge is -2.19. The molecule has 2 aromatic carbocycles. The van der Waals surface area contributed by atoms with Crippen molar-refractivity contribution in [3.05, 3.63) is 78.0 Å². The number of ether oxygens (including phenoxy) is 1. The standard InChI is InChI=1S/C21H22N4O2/c1-3-27-20(26)17-11-7-8-12-18(17)23-21-22-14-13-19(24-21)25(2)15-16-9-5-4-6-10-16/h4-14H,3,15H2,1-2H3,(H,22,23,24). The summed E-state index contributed by atoms with van der Waals surface area (Å²) >= 11 is 0. The zero-order valence-electron chi connectivity index (χ0n) is 15.4. The van der Waals surface area contributed by atoms with Crippen molar-refractivity contribution >= 4 is 23.4 Å². The number of esters is 1. The van der Waals surface area contributed by atoms with Gasteiger partial charge in [0.15, 0.2) is 0 Å². The minimum absolute atomic E-state index is 0.323. The monoisotopic (exact) mass is 362 g/mol. The predicted octanol–water partition coefficient (Wildman–Crippen LogP) is 4.03. The number of rotatable bonds is 7. The van der Waals surface area contributed by atoms with Crippen molar-refractivity contribution in [1.29, 1.82) is 0 Å². The largest absolute Gasteiger partial charge is 0.462 e. The fourth-order valence-corrected chi connectivity index (χ4v) is 2.66. The van der Waals surface area contributed by atoms with Gasteiger partial charge in [0.2, 0.25) is 5.95 Å². The third kappa shape index (κ3) is 4.82. The van der Waals surface area contributed by atoms with E-state index in [2.05, 4.69) is 27.4 Å². The van der Waals surface area contributed by atoms with Gasteiger partial charge in [0.25, 0.3) is 0 Å². The van der Waals surface area contributed by atoms with Crippen LogP contribution in [0.25, 0.3) is 0 Å². The molecule has 27 heavy (non-hydrogen) atoms. The molecule has 6 heteroatoms. The van der Waals surface area contributed by atoms with Crippen LogP contribution in [0.3, 0.4) is 0 Å². The van der Waals surface area contributed by atoms with Crippen LogP contribution >= 0.6 is 0 Å². The molecule has 0 atom stereocenters. The SMILES string of the molecule is CCOC(=O)c1ccccc1Nc1nccc(N(C)Cc2ccccc2)n1. The van der Waals surface area contributed by atoms with Crippen LogP contribution in [0.15, 0.2) is 66.9 Å². The van der Waals surface area contributed by atoms with Crippen molar-refractivity contribution in [1.82, 2.24) is 9.97 Å². The number of aromatic nitrogens is 2. The number of para-hydroxylation sites is 1. The molecule has 3 aromatic rings. The van der Waals surface area contributed by atoms with Crippen LogP contribution in [0.1, 0.15) is 22.8 Å². The summed E-state index contributed by atoms with van der Waals surface area (Å²) in [6, 6.07) is 19.2. The van der Waals surface area contributed by atoms with E-state index in [0.29, 0.717) is 23.8 Å². The van der Waals surface area contributed by atoms with E-state index in [1.165, 1.54) is 5.56 Å². The molecule has 0 bridgehead atoms. The molecule has 0 radical (unpaired) electrons. The lowest BCUT2D eigenvalue weighted by molar-refractivity contribution is 0.0527. The Balaban J connectivity index is 1.78. The summed E-state index contributed by atoms with van der Waals surface area (Å²) < 4.78 is 5.11. The quantitative estimate of drug-likeness (QED) is 0.640. The van der Waals surface area contributed by atoms with E-state index in [1.807, 2.05) is 42.3 Å². The molecule has 0 fully saturated rings. The Morgan fingerprint density at radius 3 is 2.59 bits per heavy atom. The van der Waals surface area contributed by atoms with Gasteiger partial charge in [-0.25, -0.2) is 9.78 Å². The van der Waals surface area contributed by atoms with E-state index in [0.717, 1.165) is 12.4 Å². The zero-order valence-corrected chi connectivity index (χ0v) is 15.4. The maximum absolute atomic E-state index is 12.1. The number of anilines is 3. The molecule has 1 aromatic heterocycles. The van der Waals surface area contributed by atoms with E-state index in [-0.39, 0.29) is 5.97 Å². The molecule has 0 aliphatic carbocycles. The number of hydrogen-bond acceptors (Lipinski definition) is 6. The number of carbonyl (C=O) groups excluding carboxylic acids is 1. The molecule has 6 nitrogen and oxygen atoms in total. The van der Waals surface area contributed by atoms with Crippen LogP contribution in [0.4, 0.5) is 17.5 Å². The number of benzene rings is 2. The Morgan fingerprint density at radius 1 is 1.07 bits per heavy atom. The third-order valence-corrected chi connectivity index (χ3v) is 3.96. The highest BCUT2D eigenvalue weighted by atomic mass is 16.5. The molecule has 0 aliphatic heterocycles. The molecular formula is C21H22N4O2. The number of nitrogens with one attached hydrogen (secondary N) is 1. The first-order valence-corrected chi connectivity index (χ1v) is 8.78. The fraction of sp³-hybridized carbons (Fsp3) is 0.190. The highest BCUT2D eigenvalue weighted by molar-refractivity contribution is 5.96. The second-order valence-corrected chi connectivity index (χ2v) is 5.97. The minimum atomic E-state index is -0.377. The summed E-state index contributed by atoms with van der Waals surface area (Å²) in [7, 11) is 1.98. The molecule has 0 saturated heterocycles. The van der Waals surface area contributed by atoms with Crippen LogP contribution in [0, 0.1) is 0 Å². The summed E-state index contributed by atoms with van der Waals surface area (Å²) in [6.45, 7) is 2.84. The second kappa shape index (κ2) is 8.80. The van der Waals surface area contributed by atoms with Crippen molar-refractivity contribution in [2.45, 2.75) is 13.5 Å². The average Bonchev–Trinajstić information content (AvgIpc) is 2.69. The van der Waals surface area contributed by atoms with E-state index in [4.69, 9.17) is 4.74 Å². The van der Waals surface area contributed by atoms with E-state index in [9.17, 15) is 4.79 Å². The van der Waals surface area contributed by atoms with Gasteiger partial charge in [0, 0.05) is 19.8 Å². The molecule has 0 amide bonds. The molecule has 0 aliphatic rings. The molecule has 3 rings (SSSR count). The Bertz CT molecular complexity index is 899. The normalized spacial score (nSPS) is 10.3. The molecular weight excluding hydrogens is 340 g/mol. The summed E-state index contributed by atoms with van der Waals surface area (Å²) in [6.07, 6.45) is 1.69. The van der Waals surface area contributed by atoms with Crippen LogP contribution in [0.2, 0.25) is 0 Å². The first kappa shape index (κ1) is 18.4. The lowest BCUT2D eigenvalue weighted by Crippen LogP contribution is -2.18. The van der Waals surface area contributed by atoms with Crippen molar-refractivity contribution in [2.24, 2.45) is 0 Å². The van der Waals surface area contributed by atoms with Gasteiger partial charge in [-0.3, -0.25) is 0 Å². The smallest absolute Gasteiger partial charge is 0.340 e. The summed E-state index contributed by atoms with van der Waals surface area (Å²) in [5.41, 5.74) is 2.26. The molecule has 1 heterocycles. The Morgan fingerprint density at radius 2 is 1.81 bits per heavy atom. The molecule has 138 valence electrons. The second-order valence-electron chi connectivity index (χ2n) is 5.97.